The molecule has 2 heterocycles. The summed E-state index contributed by atoms with van der Waals surface area (Å²) >= 11 is 0. The Balaban J connectivity index is 1.40. The van der Waals surface area contributed by atoms with Crippen LogP contribution in [0, 0.1) is 12.8 Å². The highest BCUT2D eigenvalue weighted by Gasteiger charge is 2.17. The number of aromatic amines is 1. The van der Waals surface area contributed by atoms with Gasteiger partial charge in [0.1, 0.15) is 19.0 Å². The summed E-state index contributed by atoms with van der Waals surface area (Å²) in [4.78, 5) is 22.0. The Labute approximate surface area is 142 Å². The number of rotatable bonds is 6. The third kappa shape index (κ3) is 4.33. The number of carbonyl (C=O) groups excluding carboxylic acids is 1. The van der Waals surface area contributed by atoms with E-state index in [2.05, 4.69) is 27.2 Å². The highest BCUT2D eigenvalue weighted by molar-refractivity contribution is 5.78. The molecule has 2 N–H and O–H groups in total. The first-order valence-electron chi connectivity index (χ1n) is 8.59. The van der Waals surface area contributed by atoms with Gasteiger partial charge in [0.2, 0.25) is 5.91 Å². The molecule has 2 aromatic rings. The Hall–Kier alpha value is -1.92. The van der Waals surface area contributed by atoms with Gasteiger partial charge in [0.05, 0.1) is 11.0 Å². The number of nitrogens with zero attached hydrogens (tertiary/aromatic N) is 2. The number of carbonyl (C=O) groups is 1. The summed E-state index contributed by atoms with van der Waals surface area (Å²) in [5.41, 5.74) is 3.09. The molecule has 0 saturated carbocycles. The van der Waals surface area contributed by atoms with E-state index in [0.717, 1.165) is 42.1 Å². The van der Waals surface area contributed by atoms with Gasteiger partial charge in [-0.1, -0.05) is 12.1 Å². The van der Waals surface area contributed by atoms with Crippen LogP contribution in [0.3, 0.4) is 0 Å². The van der Waals surface area contributed by atoms with Crippen molar-refractivity contribution in [2.24, 2.45) is 5.92 Å². The number of imidazole rings is 1. The molecule has 1 fully saturated rings. The summed E-state index contributed by atoms with van der Waals surface area (Å²) in [6.45, 7) is 5.36. The van der Waals surface area contributed by atoms with E-state index in [4.69, 9.17) is 4.74 Å². The van der Waals surface area contributed by atoms with E-state index in [0.29, 0.717) is 12.5 Å². The van der Waals surface area contributed by atoms with Crippen LogP contribution in [0.25, 0.3) is 11.0 Å². The van der Waals surface area contributed by atoms with E-state index >= 15 is 0 Å². The Morgan fingerprint density at radius 3 is 3.17 bits per heavy atom. The van der Waals surface area contributed by atoms with Crippen LogP contribution in [0.1, 0.15) is 24.2 Å². The highest BCUT2D eigenvalue weighted by Crippen LogP contribution is 2.16. The van der Waals surface area contributed by atoms with Crippen LogP contribution in [0.2, 0.25) is 0 Å². The summed E-state index contributed by atoms with van der Waals surface area (Å²) in [6, 6.07) is 6.02. The van der Waals surface area contributed by atoms with E-state index in [1.165, 1.54) is 12.8 Å². The minimum absolute atomic E-state index is 0.0597. The Morgan fingerprint density at radius 2 is 2.38 bits per heavy atom. The molecular weight excluding hydrogens is 304 g/mol. The van der Waals surface area contributed by atoms with Crippen LogP contribution < -0.4 is 5.32 Å². The summed E-state index contributed by atoms with van der Waals surface area (Å²) < 4.78 is 5.50. The van der Waals surface area contributed by atoms with Crippen molar-refractivity contribution in [3.8, 4) is 0 Å². The molecule has 1 atom stereocenters. The number of aromatic nitrogens is 2. The van der Waals surface area contributed by atoms with Gasteiger partial charge in [0.25, 0.3) is 0 Å². The number of likely N-dealkylation sites (tertiary alicyclic amines) is 1. The zero-order chi connectivity index (χ0) is 16.9. The minimum Gasteiger partial charge on any atom is -0.364 e. The highest BCUT2D eigenvalue weighted by atomic mass is 16.5. The SMILES string of the molecule is Cc1cccc2[nH]c(COCC(=O)NC[C@H]3CCCN(C)C3)nc12. The molecule has 6 nitrogen and oxygen atoms in total. The number of nitrogens with one attached hydrogen (secondary N) is 2. The van der Waals surface area contributed by atoms with E-state index < -0.39 is 0 Å². The molecule has 0 radical (unpaired) electrons. The second kappa shape index (κ2) is 7.77. The third-order valence-corrected chi connectivity index (χ3v) is 4.55. The maximum Gasteiger partial charge on any atom is 0.246 e. The number of para-hydroxylation sites is 1. The van der Waals surface area contributed by atoms with Gasteiger partial charge in [-0.25, -0.2) is 4.98 Å². The van der Waals surface area contributed by atoms with Gasteiger partial charge in [-0.05, 0) is 50.9 Å². The van der Waals surface area contributed by atoms with Crippen LogP contribution in [0.15, 0.2) is 18.2 Å². The van der Waals surface area contributed by atoms with Crippen LogP contribution in [-0.4, -0.2) is 54.1 Å². The molecule has 130 valence electrons. The van der Waals surface area contributed by atoms with Gasteiger partial charge in [0, 0.05) is 13.1 Å². The standard InChI is InChI=1S/C18H26N4O2/c1-13-5-3-7-15-18(13)21-16(20-15)11-24-12-17(23)19-9-14-6-4-8-22(2)10-14/h3,5,7,14H,4,6,8-12H2,1-2H3,(H,19,23)(H,20,21)/t14-/m1/s1. The number of ether oxygens (including phenoxy) is 1. The first-order valence-corrected chi connectivity index (χ1v) is 8.59. The molecule has 1 amide bonds. The van der Waals surface area contributed by atoms with Crippen molar-refractivity contribution in [3.05, 3.63) is 29.6 Å². The van der Waals surface area contributed by atoms with Gasteiger partial charge in [0.15, 0.2) is 0 Å². The number of hydrogen-bond acceptors (Lipinski definition) is 4. The fraction of sp³-hybridized carbons (Fsp3) is 0.556. The maximum atomic E-state index is 11.9. The van der Waals surface area contributed by atoms with Gasteiger partial charge in [-0.15, -0.1) is 0 Å². The lowest BCUT2D eigenvalue weighted by molar-refractivity contribution is -0.126. The topological polar surface area (TPSA) is 70.2 Å². The smallest absolute Gasteiger partial charge is 0.246 e. The fourth-order valence-electron chi connectivity index (χ4n) is 3.28. The Bertz CT molecular complexity index is 697. The average Bonchev–Trinajstić information content (AvgIpc) is 2.97. The predicted octanol–water partition coefficient (Wildman–Crippen LogP) is 1.85. The van der Waals surface area contributed by atoms with Gasteiger partial charge >= 0.3 is 0 Å². The molecule has 3 rings (SSSR count). The van der Waals surface area contributed by atoms with Crippen molar-refractivity contribution in [1.29, 1.82) is 0 Å². The molecule has 0 spiro atoms. The molecular formula is C18H26N4O2. The number of fused-ring (bicyclic) bond motifs is 1. The zero-order valence-corrected chi connectivity index (χ0v) is 14.5. The molecule has 1 saturated heterocycles. The molecule has 6 heteroatoms. The monoisotopic (exact) mass is 330 g/mol. The van der Waals surface area contributed by atoms with Gasteiger partial charge in [-0.3, -0.25) is 4.79 Å². The molecule has 0 bridgehead atoms. The first kappa shape index (κ1) is 16.9. The van der Waals surface area contributed by atoms with Crippen molar-refractivity contribution in [2.45, 2.75) is 26.4 Å². The largest absolute Gasteiger partial charge is 0.364 e. The number of aryl methyl sites for hydroxylation is 1. The normalized spacial score (nSPS) is 18.8. The van der Waals surface area contributed by atoms with Crippen LogP contribution >= 0.6 is 0 Å². The fourth-order valence-corrected chi connectivity index (χ4v) is 3.28. The van der Waals surface area contributed by atoms with Crippen LogP contribution in [0.4, 0.5) is 0 Å². The lowest BCUT2D eigenvalue weighted by Gasteiger charge is -2.29. The lowest BCUT2D eigenvalue weighted by atomic mass is 9.98. The van der Waals surface area contributed by atoms with Gasteiger partial charge < -0.3 is 19.9 Å². The Kier molecular flexibility index (Phi) is 5.48. The maximum absolute atomic E-state index is 11.9. The van der Waals surface area contributed by atoms with Crippen LogP contribution in [0.5, 0.6) is 0 Å². The predicted molar refractivity (Wildman–Crippen MR) is 93.7 cm³/mol. The van der Waals surface area contributed by atoms with Crippen molar-refractivity contribution in [3.63, 3.8) is 0 Å². The average molecular weight is 330 g/mol. The Morgan fingerprint density at radius 1 is 1.50 bits per heavy atom. The van der Waals surface area contributed by atoms with Crippen molar-refractivity contribution >= 4 is 16.9 Å². The summed E-state index contributed by atoms with van der Waals surface area (Å²) in [7, 11) is 2.13. The molecule has 0 unspecified atom stereocenters. The molecule has 1 aromatic heterocycles. The van der Waals surface area contributed by atoms with Crippen molar-refractivity contribution in [2.75, 3.05) is 33.3 Å². The third-order valence-electron chi connectivity index (χ3n) is 4.55. The molecule has 1 aliphatic rings. The van der Waals surface area contributed by atoms with Gasteiger partial charge in [-0.2, -0.15) is 0 Å². The number of H-pyrrole nitrogens is 1. The summed E-state index contributed by atoms with van der Waals surface area (Å²) in [5.74, 6) is 1.24. The summed E-state index contributed by atoms with van der Waals surface area (Å²) in [6.07, 6.45) is 2.39. The minimum atomic E-state index is -0.0597. The lowest BCUT2D eigenvalue weighted by Crippen LogP contribution is -2.40. The second-order valence-electron chi connectivity index (χ2n) is 6.72. The summed E-state index contributed by atoms with van der Waals surface area (Å²) in [5, 5.41) is 2.97. The number of benzene rings is 1. The molecule has 0 aliphatic carbocycles. The quantitative estimate of drug-likeness (QED) is 0.848. The zero-order valence-electron chi connectivity index (χ0n) is 14.5. The second-order valence-corrected chi connectivity index (χ2v) is 6.72. The van der Waals surface area contributed by atoms with E-state index in [-0.39, 0.29) is 12.5 Å². The van der Waals surface area contributed by atoms with Crippen molar-refractivity contribution < 1.29 is 9.53 Å². The number of piperidine rings is 1. The molecule has 1 aliphatic heterocycles. The first-order chi connectivity index (χ1) is 11.6. The van der Waals surface area contributed by atoms with E-state index in [9.17, 15) is 4.79 Å². The number of amides is 1. The molecule has 1 aromatic carbocycles. The van der Waals surface area contributed by atoms with E-state index in [1.807, 2.05) is 25.1 Å². The molecule has 24 heavy (non-hydrogen) atoms. The number of hydrogen-bond donors (Lipinski definition) is 2. The van der Waals surface area contributed by atoms with Crippen LogP contribution in [-0.2, 0) is 16.1 Å². The van der Waals surface area contributed by atoms with E-state index in [1.54, 1.807) is 0 Å². The van der Waals surface area contributed by atoms with Crippen molar-refractivity contribution in [1.82, 2.24) is 20.2 Å².